The normalized spacial score (nSPS) is 13.8. The van der Waals surface area contributed by atoms with Crippen molar-refractivity contribution < 1.29 is 38.7 Å². The second-order valence-electron chi connectivity index (χ2n) is 15.6. The first-order valence-corrected chi connectivity index (χ1v) is 21.9. The molecule has 0 aliphatic carbocycles. The molecule has 0 saturated carbocycles. The number of benzene rings is 3. The average molecular weight is 903 g/mol. The molecule has 0 unspecified atom stereocenters. The summed E-state index contributed by atoms with van der Waals surface area (Å²) < 4.78 is 0. The number of phenolic OH excluding ortho intramolecular Hbond substituents is 1. The summed E-state index contributed by atoms with van der Waals surface area (Å²) in [5, 5.41) is 25.9. The first-order valence-electron chi connectivity index (χ1n) is 21.1. The molecule has 6 amide bonds. The Bertz CT molecular complexity index is 2040. The number of hydrogen-bond acceptors (Lipinski definition) is 11. The molecule has 19 heteroatoms. The molecule has 3 aromatic carbocycles. The number of aliphatic imine (C=N–C) groups is 1. The average Bonchev–Trinajstić information content (AvgIpc) is 3.24. The highest BCUT2D eigenvalue weighted by Crippen LogP contribution is 2.21. The van der Waals surface area contributed by atoms with Gasteiger partial charge in [0.2, 0.25) is 40.6 Å². The van der Waals surface area contributed by atoms with E-state index in [9.17, 15) is 38.7 Å². The number of thioether (sulfide) groups is 1. The van der Waals surface area contributed by atoms with E-state index in [4.69, 9.17) is 17.2 Å². The number of nitrogens with one attached hydrogen (secondary N) is 6. The number of nitrogens with zero attached hydrogens (tertiary/aromatic N) is 1. The topological polar surface area (TPSA) is 302 Å². The van der Waals surface area contributed by atoms with Crippen molar-refractivity contribution in [1.82, 2.24) is 31.9 Å². The number of phenols is 1. The molecule has 0 heterocycles. The molecule has 0 fully saturated rings. The molecule has 0 spiro atoms. The fourth-order valence-corrected chi connectivity index (χ4v) is 7.28. The molecule has 0 radical (unpaired) electrons. The van der Waals surface area contributed by atoms with Gasteiger partial charge in [-0.1, -0.05) is 81.4 Å². The van der Waals surface area contributed by atoms with E-state index in [1.807, 2.05) is 26.8 Å². The largest absolute Gasteiger partial charge is 0.508 e. The number of rotatable bonds is 26. The van der Waals surface area contributed by atoms with E-state index in [2.05, 4.69) is 36.9 Å². The molecular formula is C45H62N10O8S. The van der Waals surface area contributed by atoms with E-state index in [0.717, 1.165) is 17.3 Å². The van der Waals surface area contributed by atoms with Gasteiger partial charge >= 0.3 is 0 Å². The number of nitrogens with two attached hydrogens (primary N) is 3. The first kappa shape index (κ1) is 51.9. The van der Waals surface area contributed by atoms with Crippen LogP contribution in [0.3, 0.4) is 0 Å². The number of carbonyl (C=O) groups is 7. The van der Waals surface area contributed by atoms with Gasteiger partial charge in [0.15, 0.2) is 5.96 Å². The van der Waals surface area contributed by atoms with Gasteiger partial charge in [0.1, 0.15) is 36.0 Å². The maximum Gasteiger partial charge on any atom is 0.243 e. The minimum Gasteiger partial charge on any atom is -0.508 e. The fourth-order valence-electron chi connectivity index (χ4n) is 6.47. The summed E-state index contributed by atoms with van der Waals surface area (Å²) >= 11 is 0.927. The van der Waals surface area contributed by atoms with Crippen LogP contribution in [0.4, 0.5) is 0 Å². The monoisotopic (exact) mass is 902 g/mol. The van der Waals surface area contributed by atoms with Crippen molar-refractivity contribution in [3.63, 3.8) is 0 Å². The lowest BCUT2D eigenvalue weighted by atomic mass is 10.0. The van der Waals surface area contributed by atoms with E-state index < -0.39 is 78.1 Å². The van der Waals surface area contributed by atoms with Crippen molar-refractivity contribution in [1.29, 1.82) is 0 Å². The van der Waals surface area contributed by atoms with E-state index in [1.54, 1.807) is 66.7 Å². The first-order chi connectivity index (χ1) is 30.4. The third-order valence-corrected chi connectivity index (χ3v) is 10.7. The summed E-state index contributed by atoms with van der Waals surface area (Å²) in [4.78, 5) is 99.2. The highest BCUT2D eigenvalue weighted by atomic mass is 32.2. The van der Waals surface area contributed by atoms with Gasteiger partial charge in [-0.25, -0.2) is 0 Å². The van der Waals surface area contributed by atoms with Crippen LogP contribution in [0.2, 0.25) is 0 Å². The van der Waals surface area contributed by atoms with Crippen LogP contribution in [0.25, 0.3) is 0 Å². The summed E-state index contributed by atoms with van der Waals surface area (Å²) in [6, 6.07) is 17.0. The third kappa shape index (κ3) is 18.9. The van der Waals surface area contributed by atoms with Gasteiger partial charge in [0.05, 0.1) is 12.5 Å². The minimum absolute atomic E-state index is 0.000460. The van der Waals surface area contributed by atoms with Gasteiger partial charge in [-0.2, -0.15) is 0 Å². The number of likely N-dealkylation sites (N-methyl/N-ethyl adjacent to an activating group) is 1. The van der Waals surface area contributed by atoms with Gasteiger partial charge in [-0.3, -0.25) is 38.6 Å². The van der Waals surface area contributed by atoms with Crippen LogP contribution < -0.4 is 49.1 Å². The standard InChI is InChI=1S/C45H62N10O8S/c1-5-49-34(23-27(2)3)41(60)54-35(24-30-18-20-31(56)21-19-30)42(61)52-33(17-12-22-50-45(47)48)40(59)51-28(4)39(58)53-36(26-38(46)57)43(62)55-37(25-29-13-8-6-9-14-29)44(63)64-32-15-10-7-11-16-32/h6-11,13-16,18-21,27-28,33-37,49,56H,5,12,17,22-26H2,1-4H3,(H2,46,57)(H,51,59)(H,52,61)(H,53,58)(H,54,60)(H,55,62)(H4,47,48,50)/t28-,33-,34-,35-,36-,37-/m0/s1. The van der Waals surface area contributed by atoms with Crippen molar-refractivity contribution in [2.75, 3.05) is 13.1 Å². The van der Waals surface area contributed by atoms with Crippen molar-refractivity contribution in [2.45, 2.75) is 107 Å². The van der Waals surface area contributed by atoms with Crippen molar-refractivity contribution in [3.8, 4) is 5.75 Å². The molecule has 0 aliphatic heterocycles. The van der Waals surface area contributed by atoms with Gasteiger partial charge in [-0.15, -0.1) is 0 Å². The van der Waals surface area contributed by atoms with Gasteiger partial charge in [0.25, 0.3) is 0 Å². The smallest absolute Gasteiger partial charge is 0.243 e. The third-order valence-electron chi connectivity index (χ3n) is 9.70. The molecule has 0 saturated heterocycles. The summed E-state index contributed by atoms with van der Waals surface area (Å²) in [6.45, 7) is 7.74. The molecule has 0 aliphatic rings. The van der Waals surface area contributed by atoms with Crippen LogP contribution >= 0.6 is 11.8 Å². The molecule has 6 atom stereocenters. The fraction of sp³-hybridized carbons (Fsp3) is 0.422. The molecule has 13 N–H and O–H groups in total. The maximum atomic E-state index is 14.1. The Morgan fingerprint density at radius 3 is 1.73 bits per heavy atom. The van der Waals surface area contributed by atoms with Crippen LogP contribution in [0.5, 0.6) is 5.75 Å². The zero-order valence-corrected chi connectivity index (χ0v) is 37.5. The molecule has 0 aromatic heterocycles. The highest BCUT2D eigenvalue weighted by molar-refractivity contribution is 8.13. The van der Waals surface area contributed by atoms with Crippen LogP contribution in [-0.2, 0) is 46.4 Å². The Labute approximate surface area is 378 Å². The number of carbonyl (C=O) groups excluding carboxylic acids is 7. The Morgan fingerprint density at radius 2 is 1.14 bits per heavy atom. The molecule has 3 rings (SSSR count). The lowest BCUT2D eigenvalue weighted by molar-refractivity contribution is -0.135. The number of aromatic hydroxyl groups is 1. The molecule has 18 nitrogen and oxygen atoms in total. The van der Waals surface area contributed by atoms with Crippen LogP contribution in [-0.4, -0.2) is 101 Å². The van der Waals surface area contributed by atoms with E-state index in [0.29, 0.717) is 23.4 Å². The van der Waals surface area contributed by atoms with Crippen molar-refractivity contribution >= 4 is 58.3 Å². The van der Waals surface area contributed by atoms with E-state index in [-0.39, 0.29) is 55.0 Å². The second-order valence-corrected chi connectivity index (χ2v) is 16.7. The predicted molar refractivity (Wildman–Crippen MR) is 245 cm³/mol. The molecule has 346 valence electrons. The number of hydrogen-bond donors (Lipinski definition) is 10. The predicted octanol–water partition coefficient (Wildman–Crippen LogP) is 0.893. The summed E-state index contributed by atoms with van der Waals surface area (Å²) in [7, 11) is 0. The number of primary amides is 1. The maximum absolute atomic E-state index is 14.1. The van der Waals surface area contributed by atoms with Crippen LogP contribution in [0.1, 0.15) is 64.5 Å². The van der Waals surface area contributed by atoms with Crippen LogP contribution in [0, 0.1) is 5.92 Å². The summed E-state index contributed by atoms with van der Waals surface area (Å²) in [5.41, 5.74) is 17.8. The molecular weight excluding hydrogens is 841 g/mol. The van der Waals surface area contributed by atoms with Crippen molar-refractivity contribution in [3.05, 3.63) is 96.1 Å². The number of guanidine groups is 1. The SMILES string of the molecule is CCN[C@@H](CC(C)C)C(=O)N[C@@H](Cc1ccc(O)cc1)C(=O)N[C@@H](CCCN=C(N)N)C(=O)N[C@@H](C)C(=O)N[C@@H](CC(N)=O)C(=O)N[C@@H](Cc1ccccc1)C(=O)Sc1ccccc1. The van der Waals surface area contributed by atoms with Gasteiger partial charge < -0.3 is 54.2 Å². The number of amides is 6. The quantitative estimate of drug-likeness (QED) is 0.0233. The lowest BCUT2D eigenvalue weighted by Gasteiger charge is -2.27. The Balaban J connectivity index is 1.82. The zero-order valence-electron chi connectivity index (χ0n) is 36.7. The second kappa shape index (κ2) is 26.9. The van der Waals surface area contributed by atoms with E-state index >= 15 is 0 Å². The van der Waals surface area contributed by atoms with Crippen LogP contribution in [0.15, 0.2) is 94.8 Å². The minimum atomic E-state index is -1.53. The van der Waals surface area contributed by atoms with Gasteiger partial charge in [-0.05, 0) is 85.8 Å². The lowest BCUT2D eigenvalue weighted by Crippen LogP contribution is -2.59. The Kier molecular flexibility index (Phi) is 21.8. The molecule has 3 aromatic rings. The zero-order chi connectivity index (χ0) is 47.2. The Hall–Kier alpha value is -6.47. The summed E-state index contributed by atoms with van der Waals surface area (Å²) in [6.07, 6.45) is 0.199. The highest BCUT2D eigenvalue weighted by Gasteiger charge is 2.33. The summed E-state index contributed by atoms with van der Waals surface area (Å²) in [5.74, 6) is -4.58. The van der Waals surface area contributed by atoms with Gasteiger partial charge in [0, 0.05) is 24.3 Å². The molecule has 64 heavy (non-hydrogen) atoms. The molecule has 0 bridgehead atoms. The van der Waals surface area contributed by atoms with E-state index in [1.165, 1.54) is 19.1 Å². The Morgan fingerprint density at radius 1 is 0.625 bits per heavy atom. The van der Waals surface area contributed by atoms with Crippen molar-refractivity contribution in [2.24, 2.45) is 28.1 Å².